The molecule has 2 amide bonds. The summed E-state index contributed by atoms with van der Waals surface area (Å²) < 4.78 is 28.4. The van der Waals surface area contributed by atoms with Gasteiger partial charge in [-0.15, -0.1) is 5.10 Å². The van der Waals surface area contributed by atoms with Crippen molar-refractivity contribution in [2.45, 2.75) is 19.9 Å². The van der Waals surface area contributed by atoms with Gasteiger partial charge in [0.2, 0.25) is 5.91 Å². The van der Waals surface area contributed by atoms with Gasteiger partial charge in [0.05, 0.1) is 5.69 Å². The number of hydrogen-bond donors (Lipinski definition) is 1. The summed E-state index contributed by atoms with van der Waals surface area (Å²) in [5.41, 5.74) is 1.59. The highest BCUT2D eigenvalue weighted by molar-refractivity contribution is 5.93. The molecule has 31 heavy (non-hydrogen) atoms. The first kappa shape index (κ1) is 20.6. The summed E-state index contributed by atoms with van der Waals surface area (Å²) in [7, 11) is 0. The van der Waals surface area contributed by atoms with Crippen LogP contribution in [0.15, 0.2) is 48.5 Å². The average Bonchev–Trinajstić information content (AvgIpc) is 3.30. The standard InChI is InChI=1S/C22H21F2N5O2/c1-14-21(26-27-29(14)19-5-3-2-4-18(19)24)22(31)25-11-16-10-20(30)28(13-16)12-15-6-8-17(23)9-7-15/h2-9,16H,10-13H2,1H3,(H,25,31). The van der Waals surface area contributed by atoms with Gasteiger partial charge in [-0.25, -0.2) is 13.5 Å². The van der Waals surface area contributed by atoms with Crippen molar-refractivity contribution in [3.05, 3.63) is 77.1 Å². The first-order valence-corrected chi connectivity index (χ1v) is 9.90. The summed E-state index contributed by atoms with van der Waals surface area (Å²) in [5, 5.41) is 10.6. The third-order valence-corrected chi connectivity index (χ3v) is 5.32. The monoisotopic (exact) mass is 425 g/mol. The highest BCUT2D eigenvalue weighted by atomic mass is 19.1. The average molecular weight is 425 g/mol. The Labute approximate surface area is 177 Å². The van der Waals surface area contributed by atoms with Gasteiger partial charge in [-0.1, -0.05) is 29.5 Å². The fourth-order valence-electron chi connectivity index (χ4n) is 3.67. The normalized spacial score (nSPS) is 16.0. The Morgan fingerprint density at radius 2 is 1.90 bits per heavy atom. The van der Waals surface area contributed by atoms with Crippen molar-refractivity contribution >= 4 is 11.8 Å². The lowest BCUT2D eigenvalue weighted by atomic mass is 10.1. The van der Waals surface area contributed by atoms with Crippen LogP contribution >= 0.6 is 0 Å². The van der Waals surface area contributed by atoms with Gasteiger partial charge in [-0.05, 0) is 36.8 Å². The third kappa shape index (κ3) is 4.45. The largest absolute Gasteiger partial charge is 0.350 e. The molecule has 1 aliphatic heterocycles. The van der Waals surface area contributed by atoms with Crippen LogP contribution in [0.2, 0.25) is 0 Å². The molecule has 1 unspecified atom stereocenters. The van der Waals surface area contributed by atoms with E-state index in [2.05, 4.69) is 15.6 Å². The van der Waals surface area contributed by atoms with Crippen LogP contribution in [0.4, 0.5) is 8.78 Å². The van der Waals surface area contributed by atoms with E-state index in [1.165, 1.54) is 22.9 Å². The van der Waals surface area contributed by atoms with Crippen LogP contribution in [0.1, 0.15) is 28.2 Å². The van der Waals surface area contributed by atoms with E-state index in [-0.39, 0.29) is 29.0 Å². The predicted octanol–water partition coefficient (Wildman–Crippen LogP) is 2.63. The SMILES string of the molecule is Cc1c(C(=O)NCC2CC(=O)N(Cc3ccc(F)cc3)C2)nnn1-c1ccccc1F. The van der Waals surface area contributed by atoms with Crippen molar-refractivity contribution in [1.82, 2.24) is 25.2 Å². The molecule has 4 rings (SSSR count). The molecule has 1 saturated heterocycles. The second-order valence-electron chi connectivity index (χ2n) is 7.57. The maximum Gasteiger partial charge on any atom is 0.273 e. The molecule has 3 aromatic rings. The van der Waals surface area contributed by atoms with Gasteiger partial charge in [-0.3, -0.25) is 9.59 Å². The molecule has 0 aliphatic carbocycles. The molecule has 1 atom stereocenters. The van der Waals surface area contributed by atoms with Crippen LogP contribution in [0.25, 0.3) is 5.69 Å². The maximum atomic E-state index is 14.0. The first-order valence-electron chi connectivity index (χ1n) is 9.90. The molecule has 7 nitrogen and oxygen atoms in total. The van der Waals surface area contributed by atoms with Crippen LogP contribution < -0.4 is 5.32 Å². The number of rotatable bonds is 6. The minimum Gasteiger partial charge on any atom is -0.350 e. The smallest absolute Gasteiger partial charge is 0.273 e. The highest BCUT2D eigenvalue weighted by Crippen LogP contribution is 2.20. The van der Waals surface area contributed by atoms with Crippen LogP contribution in [0, 0.1) is 24.5 Å². The molecule has 0 saturated carbocycles. The molecule has 1 fully saturated rings. The Hall–Kier alpha value is -3.62. The zero-order valence-electron chi connectivity index (χ0n) is 16.9. The zero-order chi connectivity index (χ0) is 22.0. The number of nitrogens with zero attached hydrogens (tertiary/aromatic N) is 4. The summed E-state index contributed by atoms with van der Waals surface area (Å²) in [6.45, 7) is 2.85. The number of benzene rings is 2. The molecule has 1 N–H and O–H groups in total. The minimum atomic E-state index is -0.465. The van der Waals surface area contributed by atoms with Crippen molar-refractivity contribution in [3.63, 3.8) is 0 Å². The van der Waals surface area contributed by atoms with Gasteiger partial charge < -0.3 is 10.2 Å². The van der Waals surface area contributed by atoms with E-state index in [4.69, 9.17) is 0 Å². The summed E-state index contributed by atoms with van der Waals surface area (Å²) in [6, 6.07) is 12.1. The zero-order valence-corrected chi connectivity index (χ0v) is 16.9. The number of nitrogens with one attached hydrogen (secondary N) is 1. The fourth-order valence-corrected chi connectivity index (χ4v) is 3.67. The van der Waals surface area contributed by atoms with E-state index in [1.807, 2.05) is 0 Å². The quantitative estimate of drug-likeness (QED) is 0.659. The highest BCUT2D eigenvalue weighted by Gasteiger charge is 2.30. The van der Waals surface area contributed by atoms with Gasteiger partial charge >= 0.3 is 0 Å². The van der Waals surface area contributed by atoms with E-state index in [9.17, 15) is 18.4 Å². The van der Waals surface area contributed by atoms with Crippen molar-refractivity contribution in [2.75, 3.05) is 13.1 Å². The lowest BCUT2D eigenvalue weighted by Crippen LogP contribution is -2.31. The van der Waals surface area contributed by atoms with Crippen molar-refractivity contribution < 1.29 is 18.4 Å². The topological polar surface area (TPSA) is 80.1 Å². The number of halogens is 2. The van der Waals surface area contributed by atoms with Crippen molar-refractivity contribution in [3.8, 4) is 5.69 Å². The minimum absolute atomic E-state index is 0.00903. The van der Waals surface area contributed by atoms with E-state index < -0.39 is 11.7 Å². The molecule has 0 bridgehead atoms. The number of aromatic nitrogens is 3. The van der Waals surface area contributed by atoms with E-state index in [0.29, 0.717) is 31.7 Å². The second kappa shape index (κ2) is 8.63. The Bertz CT molecular complexity index is 1110. The molecule has 2 aromatic carbocycles. The molecule has 0 radical (unpaired) electrons. The summed E-state index contributed by atoms with van der Waals surface area (Å²) in [4.78, 5) is 26.6. The van der Waals surface area contributed by atoms with Crippen LogP contribution in [0.5, 0.6) is 0 Å². The predicted molar refractivity (Wildman–Crippen MR) is 108 cm³/mol. The molecular formula is C22H21F2N5O2. The van der Waals surface area contributed by atoms with Gasteiger partial charge in [0, 0.05) is 32.0 Å². The second-order valence-corrected chi connectivity index (χ2v) is 7.57. The number of amides is 2. The number of likely N-dealkylation sites (tertiary alicyclic amines) is 1. The Morgan fingerprint density at radius 1 is 1.16 bits per heavy atom. The molecule has 1 aromatic heterocycles. The number of hydrogen-bond acceptors (Lipinski definition) is 4. The number of carbonyl (C=O) groups excluding carboxylic acids is 2. The Kier molecular flexibility index (Phi) is 5.75. The van der Waals surface area contributed by atoms with Crippen molar-refractivity contribution in [2.24, 2.45) is 5.92 Å². The van der Waals surface area contributed by atoms with E-state index >= 15 is 0 Å². The van der Waals surface area contributed by atoms with Crippen LogP contribution in [-0.4, -0.2) is 44.8 Å². The molecule has 1 aliphatic rings. The lowest BCUT2D eigenvalue weighted by molar-refractivity contribution is -0.128. The van der Waals surface area contributed by atoms with Gasteiger partial charge in [0.15, 0.2) is 5.69 Å². The van der Waals surface area contributed by atoms with E-state index in [0.717, 1.165) is 5.56 Å². The molecule has 160 valence electrons. The van der Waals surface area contributed by atoms with E-state index in [1.54, 1.807) is 42.2 Å². The van der Waals surface area contributed by atoms with Crippen LogP contribution in [0.3, 0.4) is 0 Å². The molecule has 0 spiro atoms. The fraction of sp³-hybridized carbons (Fsp3) is 0.273. The Balaban J connectivity index is 1.36. The number of carbonyl (C=O) groups is 2. The lowest BCUT2D eigenvalue weighted by Gasteiger charge is -2.17. The van der Waals surface area contributed by atoms with Gasteiger partial charge in [0.25, 0.3) is 5.91 Å². The Morgan fingerprint density at radius 3 is 2.65 bits per heavy atom. The van der Waals surface area contributed by atoms with Gasteiger partial charge in [-0.2, -0.15) is 0 Å². The maximum absolute atomic E-state index is 14.0. The summed E-state index contributed by atoms with van der Waals surface area (Å²) in [6.07, 6.45) is 0.322. The summed E-state index contributed by atoms with van der Waals surface area (Å²) >= 11 is 0. The number of para-hydroxylation sites is 1. The van der Waals surface area contributed by atoms with Crippen molar-refractivity contribution in [1.29, 1.82) is 0 Å². The molecule has 2 heterocycles. The summed E-state index contributed by atoms with van der Waals surface area (Å²) in [5.74, 6) is -1.26. The van der Waals surface area contributed by atoms with Crippen LogP contribution in [-0.2, 0) is 11.3 Å². The third-order valence-electron chi connectivity index (χ3n) is 5.32. The molecule has 9 heteroatoms. The van der Waals surface area contributed by atoms with Gasteiger partial charge in [0.1, 0.15) is 17.3 Å². The first-order chi connectivity index (χ1) is 14.9. The molecular weight excluding hydrogens is 404 g/mol.